The Kier molecular flexibility index (Phi) is 5.57. The van der Waals surface area contributed by atoms with Crippen molar-refractivity contribution in [2.45, 2.75) is 31.2 Å². The summed E-state index contributed by atoms with van der Waals surface area (Å²) in [6.45, 7) is 0.385. The molecule has 1 amide bonds. The summed E-state index contributed by atoms with van der Waals surface area (Å²) in [5.74, 6) is 0.880. The smallest absolute Gasteiger partial charge is 0.238 e. The van der Waals surface area contributed by atoms with E-state index in [1.807, 2.05) is 60.7 Å². The normalized spacial score (nSPS) is 16.2. The van der Waals surface area contributed by atoms with Crippen molar-refractivity contribution in [2.24, 2.45) is 0 Å². The van der Waals surface area contributed by atoms with Crippen LogP contribution in [0.1, 0.15) is 36.0 Å². The second kappa shape index (κ2) is 8.71. The fourth-order valence-corrected chi connectivity index (χ4v) is 4.95. The first kappa shape index (κ1) is 21.8. The van der Waals surface area contributed by atoms with E-state index in [1.165, 1.54) is 6.21 Å². The number of anilines is 2. The highest BCUT2D eigenvalue weighted by Gasteiger charge is 2.55. The lowest BCUT2D eigenvalue weighted by Gasteiger charge is -2.37. The van der Waals surface area contributed by atoms with Crippen LogP contribution in [-0.2, 0) is 16.8 Å². The van der Waals surface area contributed by atoms with Gasteiger partial charge in [-0.05, 0) is 66.4 Å². The first-order valence-corrected chi connectivity index (χ1v) is 11.4. The fraction of sp³-hybridized carbons (Fsp3) is 0.214. The summed E-state index contributed by atoms with van der Waals surface area (Å²) in [5, 5.41) is 22.1. The molecule has 2 aliphatic rings. The van der Waals surface area contributed by atoms with E-state index in [0.717, 1.165) is 47.4 Å². The minimum atomic E-state index is -0.585. The van der Waals surface area contributed by atoms with Crippen LogP contribution in [0, 0.1) is 5.41 Å². The molecule has 1 spiro atoms. The van der Waals surface area contributed by atoms with Crippen LogP contribution in [0.3, 0.4) is 0 Å². The van der Waals surface area contributed by atoms with Crippen LogP contribution in [0.15, 0.2) is 72.8 Å². The number of fused-ring (bicyclic) bond motifs is 2. The van der Waals surface area contributed by atoms with E-state index in [9.17, 15) is 9.90 Å². The number of rotatable bonds is 7. The van der Waals surface area contributed by atoms with E-state index in [1.54, 1.807) is 24.2 Å². The Morgan fingerprint density at radius 3 is 2.50 bits per heavy atom. The van der Waals surface area contributed by atoms with Crippen molar-refractivity contribution in [3.8, 4) is 11.5 Å². The molecule has 0 saturated heterocycles. The number of hydrogen-bond donors (Lipinski definition) is 3. The number of carbonyl (C=O) groups is 1. The number of carbonyl (C=O) groups excluding carboxylic acids is 1. The third-order valence-electron chi connectivity index (χ3n) is 6.85. The number of benzene rings is 3. The number of allylic oxidation sites excluding steroid dienone is 1. The standard InChI is InChI=1S/C28H27N3O3/c1-34-22-10-8-19(9-11-22)18-31-26-23(28(27(31)33)13-5-14-28)16-20(17-25(26)32)24(12-15-29)30-21-6-3-2-4-7-21/h2-4,6-12,15-17,29-30,32H,5,13-14,18H2,1H3/b24-12-,29-15?. The number of phenols is 1. The summed E-state index contributed by atoms with van der Waals surface area (Å²) >= 11 is 0. The van der Waals surface area contributed by atoms with Crippen LogP contribution in [0.5, 0.6) is 11.5 Å². The van der Waals surface area contributed by atoms with Gasteiger partial charge in [-0.1, -0.05) is 36.8 Å². The van der Waals surface area contributed by atoms with Gasteiger partial charge in [0, 0.05) is 23.2 Å². The molecule has 3 aromatic carbocycles. The largest absolute Gasteiger partial charge is 0.506 e. The van der Waals surface area contributed by atoms with Gasteiger partial charge in [-0.15, -0.1) is 0 Å². The minimum absolute atomic E-state index is 0.0469. The maximum atomic E-state index is 13.7. The quantitative estimate of drug-likeness (QED) is 0.414. The second-order valence-electron chi connectivity index (χ2n) is 8.80. The molecule has 0 bridgehead atoms. The number of methoxy groups -OCH3 is 1. The Labute approximate surface area is 199 Å². The van der Waals surface area contributed by atoms with E-state index >= 15 is 0 Å². The Morgan fingerprint density at radius 2 is 1.88 bits per heavy atom. The average molecular weight is 454 g/mol. The molecule has 5 rings (SSSR count). The SMILES string of the molecule is COc1ccc(CN2C(=O)C3(CCC3)c3cc(/C(=C/C=N)Nc4ccccc4)cc(O)c32)cc1. The van der Waals surface area contributed by atoms with E-state index in [-0.39, 0.29) is 11.7 Å². The zero-order valence-electron chi connectivity index (χ0n) is 19.0. The van der Waals surface area contributed by atoms with E-state index in [0.29, 0.717) is 17.9 Å². The third kappa shape index (κ3) is 3.61. The third-order valence-corrected chi connectivity index (χ3v) is 6.85. The topological polar surface area (TPSA) is 85.7 Å². The lowest BCUT2D eigenvalue weighted by atomic mass is 9.65. The summed E-state index contributed by atoms with van der Waals surface area (Å²) in [5.41, 5.74) is 4.17. The van der Waals surface area contributed by atoms with Gasteiger partial charge in [-0.25, -0.2) is 0 Å². The van der Waals surface area contributed by atoms with E-state index < -0.39 is 5.41 Å². The molecular formula is C28H27N3O3. The number of nitrogens with one attached hydrogen (secondary N) is 2. The molecule has 3 aromatic rings. The van der Waals surface area contributed by atoms with Gasteiger partial charge in [-0.3, -0.25) is 4.79 Å². The van der Waals surface area contributed by atoms with Crippen molar-refractivity contribution in [2.75, 3.05) is 17.3 Å². The van der Waals surface area contributed by atoms with Crippen molar-refractivity contribution >= 4 is 29.2 Å². The van der Waals surface area contributed by atoms with Crippen LogP contribution in [0.4, 0.5) is 11.4 Å². The van der Waals surface area contributed by atoms with Crippen LogP contribution >= 0.6 is 0 Å². The highest BCUT2D eigenvalue weighted by atomic mass is 16.5. The van der Waals surface area contributed by atoms with E-state index in [4.69, 9.17) is 10.1 Å². The van der Waals surface area contributed by atoms with Crippen molar-refractivity contribution < 1.29 is 14.6 Å². The molecule has 0 unspecified atom stereocenters. The number of phenolic OH excluding ortho intramolecular Hbond substituents is 1. The first-order chi connectivity index (χ1) is 16.6. The zero-order chi connectivity index (χ0) is 23.7. The molecule has 3 N–H and O–H groups in total. The molecule has 172 valence electrons. The molecule has 1 fully saturated rings. The van der Waals surface area contributed by atoms with Crippen LogP contribution in [-0.4, -0.2) is 24.3 Å². The maximum absolute atomic E-state index is 13.7. The van der Waals surface area contributed by atoms with Crippen LogP contribution in [0.25, 0.3) is 5.70 Å². The molecule has 1 heterocycles. The molecule has 0 aromatic heterocycles. The molecular weight excluding hydrogens is 426 g/mol. The second-order valence-corrected chi connectivity index (χ2v) is 8.80. The predicted octanol–water partition coefficient (Wildman–Crippen LogP) is 5.47. The molecule has 34 heavy (non-hydrogen) atoms. The Morgan fingerprint density at radius 1 is 1.15 bits per heavy atom. The number of nitrogens with zero attached hydrogens (tertiary/aromatic N) is 1. The fourth-order valence-electron chi connectivity index (χ4n) is 4.95. The Balaban J connectivity index is 1.55. The summed E-state index contributed by atoms with van der Waals surface area (Å²) in [6.07, 6.45) is 5.41. The molecule has 0 radical (unpaired) electrons. The Hall–Kier alpha value is -4.06. The lowest BCUT2D eigenvalue weighted by molar-refractivity contribution is -0.126. The van der Waals surface area contributed by atoms with Gasteiger partial charge in [0.1, 0.15) is 11.5 Å². The van der Waals surface area contributed by atoms with Crippen molar-refractivity contribution in [3.63, 3.8) is 0 Å². The van der Waals surface area contributed by atoms with Crippen molar-refractivity contribution in [1.82, 2.24) is 0 Å². The molecule has 1 saturated carbocycles. The highest BCUT2D eigenvalue weighted by molar-refractivity contribution is 6.10. The van der Waals surface area contributed by atoms with Gasteiger partial charge in [0.25, 0.3) is 0 Å². The Bertz CT molecular complexity index is 1260. The predicted molar refractivity (Wildman–Crippen MR) is 135 cm³/mol. The summed E-state index contributed by atoms with van der Waals surface area (Å²) in [7, 11) is 1.62. The molecule has 1 aliphatic heterocycles. The highest BCUT2D eigenvalue weighted by Crippen LogP contribution is 2.57. The minimum Gasteiger partial charge on any atom is -0.506 e. The summed E-state index contributed by atoms with van der Waals surface area (Å²) in [4.78, 5) is 15.4. The number of hydrogen-bond acceptors (Lipinski definition) is 5. The summed E-state index contributed by atoms with van der Waals surface area (Å²) < 4.78 is 5.25. The average Bonchev–Trinajstić information content (AvgIpc) is 3.08. The first-order valence-electron chi connectivity index (χ1n) is 11.4. The van der Waals surface area contributed by atoms with Gasteiger partial charge in [0.05, 0.1) is 24.8 Å². The number of amides is 1. The molecule has 6 nitrogen and oxygen atoms in total. The number of ether oxygens (including phenoxy) is 1. The van der Waals surface area contributed by atoms with Crippen molar-refractivity contribution in [1.29, 1.82) is 5.41 Å². The number of para-hydroxylation sites is 1. The monoisotopic (exact) mass is 453 g/mol. The van der Waals surface area contributed by atoms with Crippen molar-refractivity contribution in [3.05, 3.63) is 89.5 Å². The lowest BCUT2D eigenvalue weighted by Crippen LogP contribution is -2.44. The van der Waals surface area contributed by atoms with Gasteiger partial charge < -0.3 is 25.5 Å². The van der Waals surface area contributed by atoms with Gasteiger partial charge in [0.2, 0.25) is 5.91 Å². The van der Waals surface area contributed by atoms with Gasteiger partial charge in [-0.2, -0.15) is 0 Å². The molecule has 6 heteroatoms. The molecule has 0 atom stereocenters. The number of aromatic hydroxyl groups is 1. The molecule has 1 aliphatic carbocycles. The van der Waals surface area contributed by atoms with Crippen LogP contribution in [0.2, 0.25) is 0 Å². The van der Waals surface area contributed by atoms with Crippen LogP contribution < -0.4 is 15.0 Å². The van der Waals surface area contributed by atoms with E-state index in [2.05, 4.69) is 5.32 Å². The van der Waals surface area contributed by atoms with Gasteiger partial charge in [0.15, 0.2) is 0 Å². The van der Waals surface area contributed by atoms with Gasteiger partial charge >= 0.3 is 0 Å². The summed E-state index contributed by atoms with van der Waals surface area (Å²) in [6, 6.07) is 21.0. The maximum Gasteiger partial charge on any atom is 0.238 e. The zero-order valence-corrected chi connectivity index (χ0v) is 19.0.